The van der Waals surface area contributed by atoms with Crippen LogP contribution in [-0.4, -0.2) is 60.1 Å². The van der Waals surface area contributed by atoms with Gasteiger partial charge in [0.25, 0.3) is 0 Å². The molecule has 1 rings (SSSR count). The van der Waals surface area contributed by atoms with Crippen LogP contribution in [0, 0.1) is 5.92 Å². The van der Waals surface area contributed by atoms with Crippen molar-refractivity contribution in [3.63, 3.8) is 0 Å². The maximum absolute atomic E-state index is 10.9. The van der Waals surface area contributed by atoms with Crippen molar-refractivity contribution < 1.29 is 9.90 Å². The minimum absolute atomic E-state index is 0.196. The fourth-order valence-electron chi connectivity index (χ4n) is 1.98. The Labute approximate surface area is 91.9 Å². The Morgan fingerprint density at radius 1 is 1.20 bits per heavy atom. The van der Waals surface area contributed by atoms with Gasteiger partial charge < -0.3 is 10.0 Å². The molecule has 1 unspecified atom stereocenters. The van der Waals surface area contributed by atoms with Crippen LogP contribution in [0.3, 0.4) is 0 Å². The van der Waals surface area contributed by atoms with E-state index in [-0.39, 0.29) is 5.92 Å². The molecule has 1 fully saturated rings. The van der Waals surface area contributed by atoms with Crippen molar-refractivity contribution in [3.05, 3.63) is 0 Å². The number of carbonyl (C=O) groups is 1. The van der Waals surface area contributed by atoms with E-state index in [2.05, 4.69) is 16.7 Å². The van der Waals surface area contributed by atoms with Crippen LogP contribution in [0.5, 0.6) is 0 Å². The van der Waals surface area contributed by atoms with Crippen molar-refractivity contribution in [2.75, 3.05) is 39.3 Å². The van der Waals surface area contributed by atoms with Crippen LogP contribution < -0.4 is 0 Å². The van der Waals surface area contributed by atoms with E-state index in [1.165, 1.54) is 0 Å². The lowest BCUT2D eigenvalue weighted by Gasteiger charge is -2.35. The van der Waals surface area contributed by atoms with Crippen molar-refractivity contribution in [2.24, 2.45) is 5.92 Å². The van der Waals surface area contributed by atoms with Crippen LogP contribution in [-0.2, 0) is 4.79 Å². The first-order valence-electron chi connectivity index (χ1n) is 5.84. The number of carboxylic acid groups (broad SMARTS) is 1. The van der Waals surface area contributed by atoms with Gasteiger partial charge in [0.05, 0.1) is 5.92 Å². The average molecular weight is 214 g/mol. The van der Waals surface area contributed by atoms with Gasteiger partial charge in [-0.3, -0.25) is 9.69 Å². The zero-order valence-corrected chi connectivity index (χ0v) is 9.78. The summed E-state index contributed by atoms with van der Waals surface area (Å²) in [5, 5.41) is 8.96. The third-order valence-corrected chi connectivity index (χ3v) is 3.23. The van der Waals surface area contributed by atoms with Crippen LogP contribution in [0.25, 0.3) is 0 Å². The van der Waals surface area contributed by atoms with E-state index in [0.29, 0.717) is 6.54 Å². The zero-order chi connectivity index (χ0) is 11.3. The molecule has 0 aromatic rings. The molecule has 1 saturated heterocycles. The largest absolute Gasteiger partial charge is 0.481 e. The van der Waals surface area contributed by atoms with E-state index in [4.69, 9.17) is 5.11 Å². The van der Waals surface area contributed by atoms with Crippen molar-refractivity contribution in [3.8, 4) is 0 Å². The molecule has 4 heteroatoms. The topological polar surface area (TPSA) is 43.8 Å². The molecule has 15 heavy (non-hydrogen) atoms. The summed E-state index contributed by atoms with van der Waals surface area (Å²) in [6.07, 6.45) is 0.726. The maximum Gasteiger partial charge on any atom is 0.307 e. The van der Waals surface area contributed by atoms with Crippen molar-refractivity contribution in [1.82, 2.24) is 9.80 Å². The number of carboxylic acids is 1. The second-order valence-corrected chi connectivity index (χ2v) is 4.18. The zero-order valence-electron chi connectivity index (χ0n) is 9.78. The summed E-state index contributed by atoms with van der Waals surface area (Å²) in [6, 6.07) is 0. The van der Waals surface area contributed by atoms with Crippen LogP contribution in [0.4, 0.5) is 0 Å². The monoisotopic (exact) mass is 214 g/mol. The summed E-state index contributed by atoms with van der Waals surface area (Å²) in [5.41, 5.74) is 0. The highest BCUT2D eigenvalue weighted by atomic mass is 16.4. The molecule has 1 aliphatic heterocycles. The molecule has 4 nitrogen and oxygen atoms in total. The summed E-state index contributed by atoms with van der Waals surface area (Å²) >= 11 is 0. The Morgan fingerprint density at radius 3 is 2.13 bits per heavy atom. The van der Waals surface area contributed by atoms with E-state index in [9.17, 15) is 4.79 Å². The number of piperazine rings is 1. The summed E-state index contributed by atoms with van der Waals surface area (Å²) in [5.74, 6) is -0.853. The Kier molecular flexibility index (Phi) is 5.05. The first kappa shape index (κ1) is 12.5. The van der Waals surface area contributed by atoms with Gasteiger partial charge in [-0.25, -0.2) is 0 Å². The molecule has 1 aliphatic rings. The maximum atomic E-state index is 10.9. The van der Waals surface area contributed by atoms with Crippen LogP contribution in [0.2, 0.25) is 0 Å². The quantitative estimate of drug-likeness (QED) is 0.733. The highest BCUT2D eigenvalue weighted by Crippen LogP contribution is 2.08. The molecule has 0 amide bonds. The number of hydrogen-bond donors (Lipinski definition) is 1. The first-order chi connectivity index (χ1) is 7.17. The summed E-state index contributed by atoms with van der Waals surface area (Å²) < 4.78 is 0. The summed E-state index contributed by atoms with van der Waals surface area (Å²) in [6.45, 7) is 10.1. The Hall–Kier alpha value is -0.610. The smallest absolute Gasteiger partial charge is 0.307 e. The van der Waals surface area contributed by atoms with E-state index in [1.807, 2.05) is 6.92 Å². The third-order valence-electron chi connectivity index (χ3n) is 3.23. The van der Waals surface area contributed by atoms with E-state index in [0.717, 1.165) is 39.1 Å². The number of nitrogens with zero attached hydrogens (tertiary/aromatic N) is 2. The van der Waals surface area contributed by atoms with Gasteiger partial charge in [0.1, 0.15) is 0 Å². The molecule has 0 radical (unpaired) electrons. The van der Waals surface area contributed by atoms with Gasteiger partial charge >= 0.3 is 5.97 Å². The fourth-order valence-corrected chi connectivity index (χ4v) is 1.98. The second kappa shape index (κ2) is 6.08. The molecular formula is C11H22N2O2. The highest BCUT2D eigenvalue weighted by Gasteiger charge is 2.22. The molecule has 0 spiro atoms. The predicted molar refractivity (Wildman–Crippen MR) is 60.0 cm³/mol. The third kappa shape index (κ3) is 3.80. The van der Waals surface area contributed by atoms with E-state index < -0.39 is 5.97 Å². The van der Waals surface area contributed by atoms with Crippen molar-refractivity contribution >= 4 is 5.97 Å². The highest BCUT2D eigenvalue weighted by molar-refractivity contribution is 5.70. The van der Waals surface area contributed by atoms with Gasteiger partial charge in [0, 0.05) is 32.7 Å². The van der Waals surface area contributed by atoms with Crippen molar-refractivity contribution in [2.45, 2.75) is 20.3 Å². The molecule has 0 aromatic carbocycles. The molecule has 0 bridgehead atoms. The second-order valence-electron chi connectivity index (χ2n) is 4.18. The Morgan fingerprint density at radius 2 is 1.73 bits per heavy atom. The lowest BCUT2D eigenvalue weighted by Crippen LogP contribution is -2.48. The Balaban J connectivity index is 2.31. The standard InChI is InChI=1S/C11H22N2O2/c1-3-10(11(14)15)9-13-7-5-12(4-2)6-8-13/h10H,3-9H2,1-2H3,(H,14,15). The minimum atomic E-state index is -0.657. The normalized spacial score (nSPS) is 21.5. The SMILES string of the molecule is CCC(CN1CCN(CC)CC1)C(=O)O. The summed E-state index contributed by atoms with van der Waals surface area (Å²) in [4.78, 5) is 15.6. The molecule has 1 heterocycles. The lowest BCUT2D eigenvalue weighted by atomic mass is 10.1. The number of hydrogen-bond acceptors (Lipinski definition) is 3. The van der Waals surface area contributed by atoms with Gasteiger partial charge in [-0.05, 0) is 13.0 Å². The molecule has 0 aromatic heterocycles. The molecule has 88 valence electrons. The Bertz CT molecular complexity index is 201. The van der Waals surface area contributed by atoms with Crippen LogP contribution in [0.15, 0.2) is 0 Å². The van der Waals surface area contributed by atoms with Gasteiger partial charge in [-0.15, -0.1) is 0 Å². The number of rotatable bonds is 5. The molecular weight excluding hydrogens is 192 g/mol. The molecule has 0 saturated carbocycles. The van der Waals surface area contributed by atoms with Gasteiger partial charge in [-0.1, -0.05) is 13.8 Å². The lowest BCUT2D eigenvalue weighted by molar-refractivity contribution is -0.142. The average Bonchev–Trinajstić information content (AvgIpc) is 2.26. The number of likely N-dealkylation sites (N-methyl/N-ethyl adjacent to an activating group) is 1. The fraction of sp³-hybridized carbons (Fsp3) is 0.909. The number of aliphatic carboxylic acids is 1. The van der Waals surface area contributed by atoms with Crippen LogP contribution in [0.1, 0.15) is 20.3 Å². The van der Waals surface area contributed by atoms with Gasteiger partial charge in [0.15, 0.2) is 0 Å². The van der Waals surface area contributed by atoms with Crippen LogP contribution >= 0.6 is 0 Å². The van der Waals surface area contributed by atoms with Gasteiger partial charge in [0.2, 0.25) is 0 Å². The molecule has 1 atom stereocenters. The molecule has 1 N–H and O–H groups in total. The minimum Gasteiger partial charge on any atom is -0.481 e. The first-order valence-corrected chi connectivity index (χ1v) is 5.84. The molecule has 0 aliphatic carbocycles. The van der Waals surface area contributed by atoms with Crippen molar-refractivity contribution in [1.29, 1.82) is 0 Å². The predicted octanol–water partition coefficient (Wildman–Crippen LogP) is 0.735. The summed E-state index contributed by atoms with van der Waals surface area (Å²) in [7, 11) is 0. The van der Waals surface area contributed by atoms with E-state index in [1.54, 1.807) is 0 Å². The van der Waals surface area contributed by atoms with Gasteiger partial charge in [-0.2, -0.15) is 0 Å². The van der Waals surface area contributed by atoms with E-state index >= 15 is 0 Å².